The van der Waals surface area contributed by atoms with E-state index in [1.807, 2.05) is 19.6 Å². The molecule has 0 bridgehead atoms. The molecular weight excluding hydrogens is 524 g/mol. The molecule has 6 N–H and O–H groups in total. The molecule has 0 rings (SSSR count). The SMILES string of the molecule is CC(C)O.CC(C)O.CC(C)O.CC(C)O.CC(C)O.C[Si](C)(C)O.[W]. The summed E-state index contributed by atoms with van der Waals surface area (Å²) in [6.07, 6.45) is -0.833. The normalized spacial score (nSPS) is 9.23. The van der Waals surface area contributed by atoms with E-state index < -0.39 is 8.32 Å². The summed E-state index contributed by atoms with van der Waals surface area (Å²) in [7, 11) is -1.61. The number of hydrogen-bond acceptors (Lipinski definition) is 6. The largest absolute Gasteiger partial charge is 0.433 e. The van der Waals surface area contributed by atoms with Crippen LogP contribution in [0.2, 0.25) is 19.6 Å². The Bertz CT molecular complexity index is 142. The average Bonchev–Trinajstić information content (AvgIpc) is 2.06. The van der Waals surface area contributed by atoms with Crippen molar-refractivity contribution >= 4 is 8.32 Å². The van der Waals surface area contributed by atoms with Crippen LogP contribution in [0.1, 0.15) is 69.2 Å². The minimum absolute atomic E-state index is 0. The standard InChI is InChI=1S/C3H10OSi.5C3H8O.W/c1-5(2,3)4;5*1-3(2)4;/h4H,1-3H3;5*3-4H,1-2H3;. The van der Waals surface area contributed by atoms with Crippen LogP contribution in [-0.4, -0.2) is 69.2 Å². The molecule has 0 amide bonds. The van der Waals surface area contributed by atoms with Crippen LogP contribution in [-0.2, 0) is 21.1 Å². The van der Waals surface area contributed by atoms with Gasteiger partial charge in [0.25, 0.3) is 0 Å². The zero-order chi connectivity index (χ0) is 22.4. The van der Waals surface area contributed by atoms with E-state index in [1.54, 1.807) is 69.2 Å². The van der Waals surface area contributed by atoms with Gasteiger partial charge in [-0.25, -0.2) is 0 Å². The summed E-state index contributed by atoms with van der Waals surface area (Å²) >= 11 is 0. The van der Waals surface area contributed by atoms with Gasteiger partial charge in [0.05, 0.1) is 0 Å². The van der Waals surface area contributed by atoms with E-state index in [0.29, 0.717) is 0 Å². The molecule has 0 spiro atoms. The summed E-state index contributed by atoms with van der Waals surface area (Å²) in [5.74, 6) is 0. The Balaban J connectivity index is -0.0000000331. The van der Waals surface area contributed by atoms with Crippen molar-refractivity contribution in [1.29, 1.82) is 0 Å². The molecule has 0 fully saturated rings. The fraction of sp³-hybridized carbons (Fsp3) is 1.00. The fourth-order valence-electron chi connectivity index (χ4n) is 0. The fourth-order valence-corrected chi connectivity index (χ4v) is 0. The van der Waals surface area contributed by atoms with E-state index in [4.69, 9.17) is 30.3 Å². The third-order valence-corrected chi connectivity index (χ3v) is 0. The molecule has 0 aliphatic heterocycles. The molecule has 0 saturated heterocycles. The number of aliphatic hydroxyl groups excluding tert-OH is 5. The molecule has 8 heteroatoms. The summed E-state index contributed by atoms with van der Waals surface area (Å²) in [5, 5.41) is 40.3. The van der Waals surface area contributed by atoms with E-state index in [9.17, 15) is 0 Å². The van der Waals surface area contributed by atoms with Crippen molar-refractivity contribution in [3.8, 4) is 0 Å². The Morgan fingerprint density at radius 3 is 0.423 bits per heavy atom. The first-order valence-electron chi connectivity index (χ1n) is 8.79. The molecule has 0 saturated carbocycles. The van der Waals surface area contributed by atoms with Crippen molar-refractivity contribution in [3.05, 3.63) is 0 Å². The minimum Gasteiger partial charge on any atom is -0.433 e. The first-order chi connectivity index (χ1) is 10.7. The van der Waals surface area contributed by atoms with Crippen LogP contribution in [0.25, 0.3) is 0 Å². The van der Waals surface area contributed by atoms with Crippen LogP contribution in [0.4, 0.5) is 0 Å². The van der Waals surface area contributed by atoms with Crippen molar-refractivity contribution in [2.45, 2.75) is 119 Å². The Kier molecular flexibility index (Phi) is 58.1. The molecule has 0 aromatic rings. The summed E-state index contributed by atoms with van der Waals surface area (Å²) in [6, 6.07) is 0. The van der Waals surface area contributed by atoms with Gasteiger partial charge in [0.2, 0.25) is 0 Å². The van der Waals surface area contributed by atoms with Gasteiger partial charge in [-0.15, -0.1) is 0 Å². The average molecular weight is 575 g/mol. The first kappa shape index (κ1) is 45.4. The molecule has 0 heterocycles. The summed E-state index contributed by atoms with van der Waals surface area (Å²) in [4.78, 5) is 8.66. The van der Waals surface area contributed by atoms with Crippen molar-refractivity contribution in [2.24, 2.45) is 0 Å². The third-order valence-electron chi connectivity index (χ3n) is 0. The predicted molar refractivity (Wildman–Crippen MR) is 112 cm³/mol. The van der Waals surface area contributed by atoms with Crippen LogP contribution in [0.15, 0.2) is 0 Å². The van der Waals surface area contributed by atoms with E-state index in [-0.39, 0.29) is 51.6 Å². The number of rotatable bonds is 0. The van der Waals surface area contributed by atoms with E-state index in [2.05, 4.69) is 0 Å². The molecule has 0 aliphatic rings. The Morgan fingerprint density at radius 2 is 0.423 bits per heavy atom. The molecule has 0 atom stereocenters. The van der Waals surface area contributed by atoms with Gasteiger partial charge in [-0.05, 0) is 88.9 Å². The molecule has 0 aromatic carbocycles. The minimum atomic E-state index is -1.61. The van der Waals surface area contributed by atoms with Crippen LogP contribution >= 0.6 is 0 Å². The smallest absolute Gasteiger partial charge is 0.179 e. The first-order valence-corrected chi connectivity index (χ1v) is 12.2. The maximum atomic E-state index is 8.66. The van der Waals surface area contributed by atoms with Crippen LogP contribution in [0, 0.1) is 0 Å². The molecule has 26 heavy (non-hydrogen) atoms. The monoisotopic (exact) mass is 574 g/mol. The predicted octanol–water partition coefficient (Wildman–Crippen LogP) is 2.75. The second-order valence-electron chi connectivity index (χ2n) is 7.64. The Morgan fingerprint density at radius 1 is 0.423 bits per heavy atom. The van der Waals surface area contributed by atoms with Gasteiger partial charge in [-0.1, -0.05) is 0 Å². The van der Waals surface area contributed by atoms with Gasteiger partial charge < -0.3 is 30.3 Å². The second-order valence-corrected chi connectivity index (χ2v) is 12.0. The van der Waals surface area contributed by atoms with Gasteiger partial charge >= 0.3 is 0 Å². The van der Waals surface area contributed by atoms with Gasteiger partial charge in [0.15, 0.2) is 8.32 Å². The van der Waals surface area contributed by atoms with Gasteiger partial charge in [0.1, 0.15) is 0 Å². The topological polar surface area (TPSA) is 121 Å². The molecule has 0 radical (unpaired) electrons. The molecule has 0 aromatic heterocycles. The maximum Gasteiger partial charge on any atom is 0.179 e. The van der Waals surface area contributed by atoms with E-state index in [1.165, 1.54) is 0 Å². The van der Waals surface area contributed by atoms with E-state index in [0.717, 1.165) is 0 Å². The van der Waals surface area contributed by atoms with Crippen molar-refractivity contribution < 1.29 is 51.4 Å². The molecule has 168 valence electrons. The van der Waals surface area contributed by atoms with Crippen LogP contribution in [0.5, 0.6) is 0 Å². The number of hydrogen-bond donors (Lipinski definition) is 6. The summed E-state index contributed by atoms with van der Waals surface area (Å²) in [6.45, 7) is 22.9. The third kappa shape index (κ3) is 31200. The van der Waals surface area contributed by atoms with Gasteiger partial charge in [-0.2, -0.15) is 0 Å². The number of aliphatic hydroxyl groups is 5. The zero-order valence-electron chi connectivity index (χ0n) is 19.5. The van der Waals surface area contributed by atoms with Gasteiger partial charge in [-0.3, -0.25) is 0 Å². The summed E-state index contributed by atoms with van der Waals surface area (Å²) < 4.78 is 0. The van der Waals surface area contributed by atoms with Crippen LogP contribution in [0.3, 0.4) is 0 Å². The quantitative estimate of drug-likeness (QED) is 0.248. The molecule has 6 nitrogen and oxygen atoms in total. The second kappa shape index (κ2) is 33.3. The Labute approximate surface area is 179 Å². The molecule has 0 unspecified atom stereocenters. The maximum absolute atomic E-state index is 8.66. The Hall–Kier alpha value is 0.665. The summed E-state index contributed by atoms with van der Waals surface area (Å²) in [5.41, 5.74) is 0. The van der Waals surface area contributed by atoms with Crippen molar-refractivity contribution in [2.75, 3.05) is 0 Å². The van der Waals surface area contributed by atoms with Crippen molar-refractivity contribution in [1.82, 2.24) is 0 Å². The molecular formula is C18H50O6SiW. The van der Waals surface area contributed by atoms with Gasteiger partial charge in [0, 0.05) is 51.6 Å². The molecule has 0 aliphatic carbocycles. The van der Waals surface area contributed by atoms with Crippen molar-refractivity contribution in [3.63, 3.8) is 0 Å². The van der Waals surface area contributed by atoms with Crippen LogP contribution < -0.4 is 0 Å². The van der Waals surface area contributed by atoms with E-state index >= 15 is 0 Å². The zero-order valence-corrected chi connectivity index (χ0v) is 23.4.